The van der Waals surface area contributed by atoms with Gasteiger partial charge in [-0.2, -0.15) is 5.26 Å². The summed E-state index contributed by atoms with van der Waals surface area (Å²) < 4.78 is 11.0. The summed E-state index contributed by atoms with van der Waals surface area (Å²) in [5, 5.41) is 8.85. The Bertz CT molecular complexity index is 236. The average molecular weight is 241 g/mol. The molecule has 0 amide bonds. The molecule has 0 heterocycles. The van der Waals surface area contributed by atoms with Crippen molar-refractivity contribution in [2.24, 2.45) is 5.41 Å². The summed E-state index contributed by atoms with van der Waals surface area (Å²) in [6.07, 6.45) is 2.99. The molecule has 0 fully saturated rings. The Labute approximate surface area is 106 Å². The topological polar surface area (TPSA) is 42.2 Å². The van der Waals surface area contributed by atoms with Gasteiger partial charge in [-0.15, -0.1) is 0 Å². The highest BCUT2D eigenvalue weighted by atomic mass is 16.5. The standard InChI is InChI=1S/C14H27NO2/c1-13(2,3)17-11-10-16-9-7-6-8-14(4,5)12-15/h6-11H2,1-5H3. The number of hydrogen-bond acceptors (Lipinski definition) is 3. The van der Waals surface area contributed by atoms with Crippen molar-refractivity contribution < 1.29 is 9.47 Å². The van der Waals surface area contributed by atoms with E-state index in [1.807, 2.05) is 34.6 Å². The van der Waals surface area contributed by atoms with Crippen molar-refractivity contribution in [2.75, 3.05) is 19.8 Å². The first kappa shape index (κ1) is 16.4. The maximum atomic E-state index is 8.85. The van der Waals surface area contributed by atoms with Crippen LogP contribution in [0.15, 0.2) is 0 Å². The summed E-state index contributed by atoms with van der Waals surface area (Å²) >= 11 is 0. The maximum absolute atomic E-state index is 8.85. The van der Waals surface area contributed by atoms with E-state index < -0.39 is 0 Å². The fraction of sp³-hybridized carbons (Fsp3) is 0.929. The van der Waals surface area contributed by atoms with Crippen LogP contribution in [0.2, 0.25) is 0 Å². The molecule has 100 valence electrons. The van der Waals surface area contributed by atoms with Gasteiger partial charge in [0.05, 0.1) is 30.3 Å². The van der Waals surface area contributed by atoms with Gasteiger partial charge in [0.25, 0.3) is 0 Å². The number of nitriles is 1. The summed E-state index contributed by atoms with van der Waals surface area (Å²) in [6, 6.07) is 2.31. The fourth-order valence-corrected chi connectivity index (χ4v) is 1.34. The predicted molar refractivity (Wildman–Crippen MR) is 69.8 cm³/mol. The second kappa shape index (κ2) is 7.68. The quantitative estimate of drug-likeness (QED) is 0.610. The first-order chi connectivity index (χ1) is 7.77. The second-order valence-electron chi connectivity index (χ2n) is 6.03. The molecular formula is C14H27NO2. The molecule has 0 aliphatic heterocycles. The summed E-state index contributed by atoms with van der Waals surface area (Å²) in [7, 11) is 0. The molecule has 0 aliphatic carbocycles. The van der Waals surface area contributed by atoms with E-state index in [0.29, 0.717) is 13.2 Å². The number of ether oxygens (including phenoxy) is 2. The largest absolute Gasteiger partial charge is 0.379 e. The van der Waals surface area contributed by atoms with Crippen molar-refractivity contribution in [3.8, 4) is 6.07 Å². The van der Waals surface area contributed by atoms with Crippen LogP contribution in [0.5, 0.6) is 0 Å². The van der Waals surface area contributed by atoms with E-state index >= 15 is 0 Å². The van der Waals surface area contributed by atoms with Crippen LogP contribution in [-0.4, -0.2) is 25.4 Å². The first-order valence-corrected chi connectivity index (χ1v) is 6.40. The van der Waals surface area contributed by atoms with Gasteiger partial charge >= 0.3 is 0 Å². The third-order valence-corrected chi connectivity index (χ3v) is 2.41. The first-order valence-electron chi connectivity index (χ1n) is 6.40. The normalized spacial score (nSPS) is 12.5. The number of unbranched alkanes of at least 4 members (excludes halogenated alkanes) is 1. The molecule has 0 saturated carbocycles. The molecule has 17 heavy (non-hydrogen) atoms. The van der Waals surface area contributed by atoms with Crippen molar-refractivity contribution in [2.45, 2.75) is 59.5 Å². The summed E-state index contributed by atoms with van der Waals surface area (Å²) in [5.74, 6) is 0. The van der Waals surface area contributed by atoms with Gasteiger partial charge in [-0.05, 0) is 53.9 Å². The Morgan fingerprint density at radius 3 is 2.12 bits per heavy atom. The third kappa shape index (κ3) is 11.7. The predicted octanol–water partition coefficient (Wildman–Crippen LogP) is 3.54. The molecular weight excluding hydrogens is 214 g/mol. The minimum Gasteiger partial charge on any atom is -0.379 e. The van der Waals surface area contributed by atoms with Gasteiger partial charge in [-0.1, -0.05) is 0 Å². The van der Waals surface area contributed by atoms with E-state index in [-0.39, 0.29) is 11.0 Å². The van der Waals surface area contributed by atoms with Crippen molar-refractivity contribution in [3.63, 3.8) is 0 Å². The molecule has 0 N–H and O–H groups in total. The third-order valence-electron chi connectivity index (χ3n) is 2.41. The monoisotopic (exact) mass is 241 g/mol. The molecule has 0 radical (unpaired) electrons. The molecule has 0 aliphatic rings. The van der Waals surface area contributed by atoms with Gasteiger partial charge in [-0.3, -0.25) is 0 Å². The molecule has 0 spiro atoms. The van der Waals surface area contributed by atoms with Crippen LogP contribution in [0.25, 0.3) is 0 Å². The van der Waals surface area contributed by atoms with Crippen LogP contribution in [0.4, 0.5) is 0 Å². The zero-order chi connectivity index (χ0) is 13.4. The molecule has 3 heteroatoms. The Balaban J connectivity index is 3.29. The van der Waals surface area contributed by atoms with Gasteiger partial charge < -0.3 is 9.47 Å². The highest BCUT2D eigenvalue weighted by Crippen LogP contribution is 2.21. The van der Waals surface area contributed by atoms with Crippen LogP contribution in [0.3, 0.4) is 0 Å². The highest BCUT2D eigenvalue weighted by Gasteiger charge is 2.15. The molecule has 0 bridgehead atoms. The average Bonchev–Trinajstić information content (AvgIpc) is 2.20. The van der Waals surface area contributed by atoms with Crippen molar-refractivity contribution in [3.05, 3.63) is 0 Å². The van der Waals surface area contributed by atoms with Crippen LogP contribution in [0, 0.1) is 16.7 Å². The minimum atomic E-state index is -0.199. The van der Waals surface area contributed by atoms with Crippen LogP contribution in [0.1, 0.15) is 53.9 Å². The van der Waals surface area contributed by atoms with E-state index in [1.165, 1.54) is 0 Å². The second-order valence-corrected chi connectivity index (χ2v) is 6.03. The Morgan fingerprint density at radius 1 is 0.941 bits per heavy atom. The Hall–Kier alpha value is -0.590. The van der Waals surface area contributed by atoms with Crippen molar-refractivity contribution in [1.82, 2.24) is 0 Å². The van der Waals surface area contributed by atoms with Gasteiger partial charge in [0.1, 0.15) is 0 Å². The smallest absolute Gasteiger partial charge is 0.0707 e. The van der Waals surface area contributed by atoms with Gasteiger partial charge in [0.15, 0.2) is 0 Å². The van der Waals surface area contributed by atoms with Gasteiger partial charge in [-0.25, -0.2) is 0 Å². The zero-order valence-electron chi connectivity index (χ0n) is 12.0. The highest BCUT2D eigenvalue weighted by molar-refractivity contribution is 4.91. The SMILES string of the molecule is CC(C)(C#N)CCCCOCCOC(C)(C)C. The Kier molecular flexibility index (Phi) is 7.41. The van der Waals surface area contributed by atoms with E-state index in [1.54, 1.807) is 0 Å². The number of nitrogens with zero attached hydrogens (tertiary/aromatic N) is 1. The molecule has 0 aromatic carbocycles. The summed E-state index contributed by atoms with van der Waals surface area (Å²) in [6.45, 7) is 12.1. The number of hydrogen-bond donors (Lipinski definition) is 0. The molecule has 0 unspecified atom stereocenters. The van der Waals surface area contributed by atoms with Crippen molar-refractivity contribution >= 4 is 0 Å². The molecule has 3 nitrogen and oxygen atoms in total. The Morgan fingerprint density at radius 2 is 1.59 bits per heavy atom. The van der Waals surface area contributed by atoms with Crippen LogP contribution >= 0.6 is 0 Å². The fourth-order valence-electron chi connectivity index (χ4n) is 1.34. The summed E-state index contributed by atoms with van der Waals surface area (Å²) in [5.41, 5.74) is -0.282. The van der Waals surface area contributed by atoms with Gasteiger partial charge in [0.2, 0.25) is 0 Å². The molecule has 0 aromatic heterocycles. The lowest BCUT2D eigenvalue weighted by atomic mass is 9.89. The maximum Gasteiger partial charge on any atom is 0.0707 e. The van der Waals surface area contributed by atoms with E-state index in [9.17, 15) is 0 Å². The van der Waals surface area contributed by atoms with Crippen LogP contribution < -0.4 is 0 Å². The van der Waals surface area contributed by atoms with E-state index in [4.69, 9.17) is 14.7 Å². The van der Waals surface area contributed by atoms with E-state index in [0.717, 1.165) is 25.9 Å². The molecule has 0 aromatic rings. The zero-order valence-corrected chi connectivity index (χ0v) is 12.0. The van der Waals surface area contributed by atoms with Crippen molar-refractivity contribution in [1.29, 1.82) is 5.26 Å². The molecule has 0 rings (SSSR count). The number of rotatable bonds is 8. The van der Waals surface area contributed by atoms with Gasteiger partial charge in [0, 0.05) is 6.61 Å². The van der Waals surface area contributed by atoms with Crippen LogP contribution in [-0.2, 0) is 9.47 Å². The lowest BCUT2D eigenvalue weighted by Gasteiger charge is -2.19. The minimum absolute atomic E-state index is 0.0832. The molecule has 0 saturated heterocycles. The van der Waals surface area contributed by atoms with E-state index in [2.05, 4.69) is 6.07 Å². The summed E-state index contributed by atoms with van der Waals surface area (Å²) in [4.78, 5) is 0. The lowest BCUT2D eigenvalue weighted by molar-refractivity contribution is -0.0352. The molecule has 0 atom stereocenters. The lowest BCUT2D eigenvalue weighted by Crippen LogP contribution is -2.21.